The van der Waals surface area contributed by atoms with Crippen molar-refractivity contribution < 1.29 is 6.22 Å². The molecule has 25 heavy (non-hydrogen) atoms. The molecule has 1 aliphatic rings. The van der Waals surface area contributed by atoms with Crippen LogP contribution in [0.2, 0.25) is 0 Å². The first-order valence-corrected chi connectivity index (χ1v) is 9.36. The van der Waals surface area contributed by atoms with Crippen LogP contribution in [0, 0.1) is 6.92 Å². The third kappa shape index (κ3) is 3.30. The summed E-state index contributed by atoms with van der Waals surface area (Å²) in [6.45, 7) is 6.08. The maximum absolute atomic E-state index is 13.1. The molecule has 1 N–H and O–H groups in total. The van der Waals surface area contributed by atoms with Crippen LogP contribution in [0.3, 0.4) is 0 Å². The predicted octanol–water partition coefficient (Wildman–Crippen LogP) is 6.10. The van der Waals surface area contributed by atoms with Gasteiger partial charge in [0.2, 0.25) is 0 Å². The quantitative estimate of drug-likeness (QED) is 0.604. The molecule has 2 heterocycles. The van der Waals surface area contributed by atoms with Crippen LogP contribution in [-0.4, -0.2) is 5.91 Å². The van der Waals surface area contributed by atoms with Crippen LogP contribution in [0.5, 0.6) is 0 Å². The van der Waals surface area contributed by atoms with Crippen molar-refractivity contribution in [3.63, 3.8) is 0 Å². The van der Waals surface area contributed by atoms with E-state index in [-0.39, 0.29) is 13.5 Å². The number of benzene rings is 2. The maximum Gasteiger partial charge on any atom is 0.262 e. The third-order valence-electron chi connectivity index (χ3n) is 3.99. The molecule has 3 aromatic rings. The zero-order chi connectivity index (χ0) is 17.8. The maximum atomic E-state index is 13.1. The number of amides is 1. The van der Waals surface area contributed by atoms with E-state index in [1.54, 1.807) is 11.3 Å². The van der Waals surface area contributed by atoms with E-state index in [9.17, 15) is 4.79 Å². The van der Waals surface area contributed by atoms with Crippen LogP contribution < -0.4 is 10.2 Å². The molecule has 0 bridgehead atoms. The first-order chi connectivity index (χ1) is 12.2. The van der Waals surface area contributed by atoms with Crippen molar-refractivity contribution in [3.8, 4) is 0 Å². The van der Waals surface area contributed by atoms with Gasteiger partial charge >= 0.3 is 0 Å². The second-order valence-corrected chi connectivity index (χ2v) is 6.87. The Morgan fingerprint density at radius 3 is 2.32 bits per heavy atom. The molecule has 0 aliphatic carbocycles. The number of carbonyl (C=O) groups is 1. The van der Waals surface area contributed by atoms with Crippen molar-refractivity contribution in [1.29, 1.82) is 0 Å². The normalized spacial score (nSPS) is 15.7. The van der Waals surface area contributed by atoms with Gasteiger partial charge < -0.3 is 5.32 Å². The summed E-state index contributed by atoms with van der Waals surface area (Å²) in [6, 6.07) is 21.7. The Balaban J connectivity index is 0.000000784. The van der Waals surface area contributed by atoms with Gasteiger partial charge in [0.25, 0.3) is 5.91 Å². The average molecular weight is 353 g/mol. The second-order valence-electron chi connectivity index (χ2n) is 5.55. The second kappa shape index (κ2) is 7.53. The van der Waals surface area contributed by atoms with E-state index in [1.165, 1.54) is 4.88 Å². The molecule has 3 nitrogen and oxygen atoms in total. The van der Waals surface area contributed by atoms with E-state index in [0.717, 1.165) is 16.3 Å². The lowest BCUT2D eigenvalue weighted by Crippen LogP contribution is -2.42. The van der Waals surface area contributed by atoms with Crippen LogP contribution in [0.15, 0.2) is 66.7 Å². The highest BCUT2D eigenvalue weighted by Crippen LogP contribution is 2.38. The lowest BCUT2D eigenvalue weighted by molar-refractivity contribution is 0.0975. The monoisotopic (exact) mass is 352 g/mol. The molecule has 130 valence electrons. The molecule has 1 aromatic heterocycles. The van der Waals surface area contributed by atoms with Crippen LogP contribution in [0.1, 0.15) is 41.6 Å². The van der Waals surface area contributed by atoms with Gasteiger partial charge in [0, 0.05) is 22.6 Å². The van der Waals surface area contributed by atoms with Crippen molar-refractivity contribution in [2.75, 3.05) is 10.2 Å². The zero-order valence-electron chi connectivity index (χ0n) is 14.7. The summed E-state index contributed by atoms with van der Waals surface area (Å²) in [6.07, 6.45) is -0.182. The number of para-hydroxylation sites is 2. The summed E-state index contributed by atoms with van der Waals surface area (Å²) in [5.74, 6) is 0.0293. The van der Waals surface area contributed by atoms with Gasteiger partial charge in [0.15, 0.2) is 0 Å². The molecule has 0 saturated heterocycles. The van der Waals surface area contributed by atoms with Crippen molar-refractivity contribution in [1.82, 2.24) is 0 Å². The van der Waals surface area contributed by atoms with Crippen LogP contribution in [0.25, 0.3) is 0 Å². The van der Waals surface area contributed by atoms with Gasteiger partial charge in [-0.25, -0.2) is 0 Å². The molecule has 0 fully saturated rings. The number of hydrogen-bond acceptors (Lipinski definition) is 3. The molecule has 1 unspecified atom stereocenters. The molecule has 0 radical (unpaired) electrons. The lowest BCUT2D eigenvalue weighted by atomic mass is 10.1. The lowest BCUT2D eigenvalue weighted by Gasteiger charge is -2.37. The van der Waals surface area contributed by atoms with E-state index < -0.39 is 0 Å². The molecule has 4 heteroatoms. The number of thiophene rings is 1. The summed E-state index contributed by atoms with van der Waals surface area (Å²) in [7, 11) is 0. The highest BCUT2D eigenvalue weighted by Gasteiger charge is 2.34. The fourth-order valence-corrected chi connectivity index (χ4v) is 3.83. The Kier molecular flexibility index (Phi) is 5.19. The van der Waals surface area contributed by atoms with E-state index >= 15 is 0 Å². The topological polar surface area (TPSA) is 32.3 Å². The minimum absolute atomic E-state index is 0. The van der Waals surface area contributed by atoms with Crippen molar-refractivity contribution in [2.45, 2.75) is 26.9 Å². The Morgan fingerprint density at radius 1 is 0.960 bits per heavy atom. The molecule has 0 saturated carbocycles. The molecule has 1 aliphatic heterocycles. The summed E-state index contributed by atoms with van der Waals surface area (Å²) in [5.41, 5.74) is 2.50. The summed E-state index contributed by atoms with van der Waals surface area (Å²) >= 11 is 1.71. The minimum Gasteiger partial charge on any atom is -0.360 e. The standard InChI is InChI=1S/C19H16N2OS.C2H6.H2/c1-13-11-12-17(23-13)18-20-16-10-6-5-9-15(16)19(22)21(18)14-7-3-2-4-8-14;1-2;/h2-12,18,20H,1H3;1-2H3;1H. The molecular weight excluding hydrogens is 328 g/mol. The van der Waals surface area contributed by atoms with E-state index in [1.807, 2.05) is 73.3 Å². The highest BCUT2D eigenvalue weighted by atomic mass is 32.1. The fourth-order valence-electron chi connectivity index (χ4n) is 2.91. The summed E-state index contributed by atoms with van der Waals surface area (Å²) in [4.78, 5) is 17.3. The number of carbonyl (C=O) groups excluding carboxylic acids is 1. The van der Waals surface area contributed by atoms with Crippen LogP contribution >= 0.6 is 11.3 Å². The van der Waals surface area contributed by atoms with Gasteiger partial charge in [-0.15, -0.1) is 11.3 Å². The van der Waals surface area contributed by atoms with Crippen LogP contribution in [-0.2, 0) is 0 Å². The summed E-state index contributed by atoms with van der Waals surface area (Å²) in [5, 5.41) is 3.52. The molecule has 2 aromatic carbocycles. The molecule has 1 amide bonds. The van der Waals surface area contributed by atoms with Gasteiger partial charge in [-0.1, -0.05) is 44.2 Å². The van der Waals surface area contributed by atoms with E-state index in [4.69, 9.17) is 0 Å². The zero-order valence-corrected chi connectivity index (χ0v) is 15.5. The molecular formula is C21H24N2OS. The Labute approximate surface area is 154 Å². The third-order valence-corrected chi connectivity index (χ3v) is 5.04. The fraction of sp³-hybridized carbons (Fsp3) is 0.190. The van der Waals surface area contributed by atoms with Crippen LogP contribution in [0.4, 0.5) is 11.4 Å². The smallest absolute Gasteiger partial charge is 0.262 e. The van der Waals surface area contributed by atoms with Gasteiger partial charge in [-0.05, 0) is 43.3 Å². The number of hydrogen-bond donors (Lipinski definition) is 1. The largest absolute Gasteiger partial charge is 0.360 e. The molecule has 0 spiro atoms. The SMILES string of the molecule is CC.Cc1ccc(C2Nc3ccccc3C(=O)N2c2ccccc2)s1.[HH]. The molecule has 4 rings (SSSR count). The predicted molar refractivity (Wildman–Crippen MR) is 109 cm³/mol. The number of nitrogens with zero attached hydrogens (tertiary/aromatic N) is 1. The number of aryl methyl sites for hydroxylation is 1. The summed E-state index contributed by atoms with van der Waals surface area (Å²) < 4.78 is 0. The number of anilines is 2. The first-order valence-electron chi connectivity index (χ1n) is 8.54. The number of rotatable bonds is 2. The number of nitrogens with one attached hydrogen (secondary N) is 1. The van der Waals surface area contributed by atoms with Gasteiger partial charge in [0.1, 0.15) is 6.17 Å². The van der Waals surface area contributed by atoms with Gasteiger partial charge in [-0.3, -0.25) is 9.69 Å². The van der Waals surface area contributed by atoms with Crippen molar-refractivity contribution in [2.24, 2.45) is 0 Å². The van der Waals surface area contributed by atoms with Crippen molar-refractivity contribution in [3.05, 3.63) is 82.0 Å². The van der Waals surface area contributed by atoms with E-state index in [2.05, 4.69) is 24.4 Å². The minimum atomic E-state index is -0.182. The average Bonchev–Trinajstić information content (AvgIpc) is 3.10. The van der Waals surface area contributed by atoms with E-state index in [0.29, 0.717) is 5.56 Å². The highest BCUT2D eigenvalue weighted by molar-refractivity contribution is 7.12. The Bertz CT molecular complexity index is 863. The first kappa shape index (κ1) is 17.2. The Morgan fingerprint density at radius 2 is 1.64 bits per heavy atom. The van der Waals surface area contributed by atoms with Gasteiger partial charge in [0.05, 0.1) is 5.56 Å². The van der Waals surface area contributed by atoms with Crippen molar-refractivity contribution >= 4 is 28.6 Å². The molecule has 1 atom stereocenters. The van der Waals surface area contributed by atoms with Gasteiger partial charge in [-0.2, -0.15) is 0 Å². The Hall–Kier alpha value is -2.59. The number of fused-ring (bicyclic) bond motifs is 1.